The summed E-state index contributed by atoms with van der Waals surface area (Å²) in [5.74, 6) is 0.728. The molecule has 0 unspecified atom stereocenters. The van der Waals surface area contributed by atoms with Crippen molar-refractivity contribution in [3.05, 3.63) is 53.5 Å². The van der Waals surface area contributed by atoms with Crippen molar-refractivity contribution < 1.29 is 20.1 Å². The average molecular weight is 439 g/mol. The summed E-state index contributed by atoms with van der Waals surface area (Å²) in [4.78, 5) is 13.3. The van der Waals surface area contributed by atoms with Crippen LogP contribution in [0.2, 0.25) is 0 Å². The molecule has 2 heterocycles. The minimum Gasteiger partial charge on any atom is -0.454 e. The third-order valence-corrected chi connectivity index (χ3v) is 6.57. The van der Waals surface area contributed by atoms with E-state index in [2.05, 4.69) is 50.6 Å². The topological polar surface area (TPSA) is 52.5 Å². The highest BCUT2D eigenvalue weighted by molar-refractivity contribution is 6.02. The van der Waals surface area contributed by atoms with E-state index in [1.165, 1.54) is 0 Å². The number of nitrogens with zero attached hydrogens (tertiary/aromatic N) is 1. The summed E-state index contributed by atoms with van der Waals surface area (Å²) in [6, 6.07) is 11.2. The predicted octanol–water partition coefficient (Wildman–Crippen LogP) is 6.30. The summed E-state index contributed by atoms with van der Waals surface area (Å²) >= 11 is 0. The number of rotatable bonds is 4. The highest BCUT2D eigenvalue weighted by Crippen LogP contribution is 2.51. The molecule has 0 saturated heterocycles. The molecule has 2 aliphatic rings. The third-order valence-electron chi connectivity index (χ3n) is 6.57. The Hall–Kier alpha value is -3.02. The Morgan fingerprint density at radius 2 is 1.84 bits per heavy atom. The van der Waals surface area contributed by atoms with Gasteiger partial charge in [0.15, 0.2) is 11.5 Å². The Morgan fingerprint density at radius 3 is 2.50 bits per heavy atom. The van der Waals surface area contributed by atoms with E-state index in [1.807, 2.05) is 18.2 Å². The summed E-state index contributed by atoms with van der Waals surface area (Å²) in [7, 11) is 0. The van der Waals surface area contributed by atoms with Crippen LogP contribution < -0.4 is 14.8 Å². The second-order valence-electron chi connectivity index (χ2n) is 10.2. The summed E-state index contributed by atoms with van der Waals surface area (Å²) in [5.41, 5.74) is 2.35. The van der Waals surface area contributed by atoms with Crippen molar-refractivity contribution in [1.82, 2.24) is 4.57 Å². The van der Waals surface area contributed by atoms with Gasteiger partial charge in [-0.05, 0) is 56.5 Å². The van der Waals surface area contributed by atoms with Crippen molar-refractivity contribution in [2.45, 2.75) is 64.3 Å². The lowest BCUT2D eigenvalue weighted by Crippen LogP contribution is -2.28. The molecule has 0 bridgehead atoms. The van der Waals surface area contributed by atoms with E-state index < -0.39 is 11.2 Å². The largest absolute Gasteiger partial charge is 0.454 e. The van der Waals surface area contributed by atoms with Gasteiger partial charge in [0.1, 0.15) is 5.82 Å². The van der Waals surface area contributed by atoms with Gasteiger partial charge >= 0.3 is 0 Å². The highest BCUT2D eigenvalue weighted by Gasteiger charge is 2.52. The van der Waals surface area contributed by atoms with E-state index >= 15 is 4.39 Å². The van der Waals surface area contributed by atoms with Gasteiger partial charge in [-0.1, -0.05) is 26.8 Å². The average Bonchev–Trinajstić information content (AvgIpc) is 3.24. The van der Waals surface area contributed by atoms with Gasteiger partial charge in [-0.15, -0.1) is 0 Å². The molecule has 1 aliphatic carbocycles. The number of hydrogen-bond donors (Lipinski definition) is 1. The van der Waals surface area contributed by atoms with Crippen molar-refractivity contribution in [3.63, 3.8) is 0 Å². The lowest BCUT2D eigenvalue weighted by molar-refractivity contribution is -0.118. The van der Waals surface area contributed by atoms with E-state index in [4.69, 9.17) is 9.47 Å². The van der Waals surface area contributed by atoms with Crippen LogP contribution in [-0.4, -0.2) is 17.3 Å². The van der Waals surface area contributed by atoms with Crippen molar-refractivity contribution >= 4 is 22.5 Å². The summed E-state index contributed by atoms with van der Waals surface area (Å²) in [6.45, 7) is 10.9. The van der Waals surface area contributed by atoms with Gasteiger partial charge in [0.2, 0.25) is 12.7 Å². The Morgan fingerprint density at radius 1 is 1.12 bits per heavy atom. The molecule has 1 fully saturated rings. The van der Waals surface area contributed by atoms with Gasteiger partial charge in [0.05, 0.1) is 16.6 Å². The van der Waals surface area contributed by atoms with E-state index in [-0.39, 0.29) is 31.3 Å². The van der Waals surface area contributed by atoms with Gasteiger partial charge in [-0.2, -0.15) is 0 Å². The van der Waals surface area contributed by atoms with Crippen LogP contribution in [0, 0.1) is 5.82 Å². The minimum atomic E-state index is -0.650. The summed E-state index contributed by atoms with van der Waals surface area (Å²) < 4.78 is 28.2. The van der Waals surface area contributed by atoms with Crippen molar-refractivity contribution in [3.8, 4) is 11.5 Å². The maximum absolute atomic E-state index is 15.2. The first-order chi connectivity index (χ1) is 15.1. The molecule has 5 rings (SSSR count). The van der Waals surface area contributed by atoms with E-state index in [9.17, 15) is 4.79 Å². The summed E-state index contributed by atoms with van der Waals surface area (Å²) in [6.07, 6.45) is 1.44. The van der Waals surface area contributed by atoms with Crippen molar-refractivity contribution in [1.29, 1.82) is 0 Å². The Bertz CT molecular complexity index is 1240. The number of nitrogens with one attached hydrogen (secondary N) is 1. The van der Waals surface area contributed by atoms with Crippen molar-refractivity contribution in [2.24, 2.45) is 0 Å². The SMILES string of the molecule is CC(C)n1c(C(C)(C)C)cc2cc(NC(=O)C3(c4ccc5c(c4)OCO5)CC3)c(F)cc21.[HH]. The fourth-order valence-electron chi connectivity index (χ4n) is 4.69. The zero-order valence-corrected chi connectivity index (χ0v) is 19.2. The van der Waals surface area contributed by atoms with E-state index in [1.54, 1.807) is 12.1 Å². The van der Waals surface area contributed by atoms with Crippen LogP contribution in [0.15, 0.2) is 36.4 Å². The van der Waals surface area contributed by atoms with Crippen LogP contribution in [0.1, 0.15) is 66.2 Å². The molecule has 0 spiro atoms. The van der Waals surface area contributed by atoms with Gasteiger partial charge in [0, 0.05) is 30.0 Å². The van der Waals surface area contributed by atoms with Crippen LogP contribution in [0.25, 0.3) is 10.9 Å². The van der Waals surface area contributed by atoms with Crippen LogP contribution in [0.3, 0.4) is 0 Å². The quantitative estimate of drug-likeness (QED) is 0.520. The number of aromatic nitrogens is 1. The molecule has 2 aromatic carbocycles. The zero-order valence-electron chi connectivity index (χ0n) is 19.2. The standard InChI is InChI=1S/C26H29FN2O3.H2/c1-15(2)29-20-13-18(27)19(10-16(20)11-23(29)25(3,4)5)28-24(30)26(8-9-26)17-6-7-21-22(12-17)32-14-31-21;/h6-7,10-13,15H,8-9,14H2,1-5H3,(H,28,30);1H. The van der Waals surface area contributed by atoms with Gasteiger partial charge in [-0.25, -0.2) is 4.39 Å². The maximum Gasteiger partial charge on any atom is 0.235 e. The molecule has 3 aromatic rings. The molecule has 1 saturated carbocycles. The molecule has 170 valence electrons. The fraction of sp³-hybridized carbons (Fsp3) is 0.423. The molecular formula is C26H31FN2O3. The number of anilines is 1. The number of halogens is 1. The van der Waals surface area contributed by atoms with E-state index in [0.717, 1.165) is 35.0 Å². The fourth-order valence-corrected chi connectivity index (χ4v) is 4.69. The van der Waals surface area contributed by atoms with E-state index in [0.29, 0.717) is 11.5 Å². The normalized spacial score (nSPS) is 16.6. The number of carbonyl (C=O) groups is 1. The first-order valence-electron chi connectivity index (χ1n) is 11.2. The lowest BCUT2D eigenvalue weighted by atomic mass is 9.91. The number of benzene rings is 2. The van der Waals surface area contributed by atoms with Crippen LogP contribution >= 0.6 is 0 Å². The monoisotopic (exact) mass is 438 g/mol. The van der Waals surface area contributed by atoms with Gasteiger partial charge in [0.25, 0.3) is 0 Å². The van der Waals surface area contributed by atoms with Crippen molar-refractivity contribution in [2.75, 3.05) is 12.1 Å². The molecular weight excluding hydrogens is 407 g/mol. The molecule has 1 aromatic heterocycles. The zero-order chi connectivity index (χ0) is 22.8. The second-order valence-corrected chi connectivity index (χ2v) is 10.2. The molecule has 32 heavy (non-hydrogen) atoms. The number of carbonyl (C=O) groups excluding carboxylic acids is 1. The molecule has 1 amide bonds. The maximum atomic E-state index is 15.2. The van der Waals surface area contributed by atoms with Crippen LogP contribution in [0.5, 0.6) is 11.5 Å². The predicted molar refractivity (Wildman–Crippen MR) is 125 cm³/mol. The molecule has 5 nitrogen and oxygen atoms in total. The van der Waals surface area contributed by atoms with Gasteiger partial charge < -0.3 is 19.4 Å². The Labute approximate surface area is 189 Å². The van der Waals surface area contributed by atoms with Crippen LogP contribution in [-0.2, 0) is 15.6 Å². The Balaban J connectivity index is 0.00000259. The first-order valence-corrected chi connectivity index (χ1v) is 11.2. The number of hydrogen-bond acceptors (Lipinski definition) is 3. The molecule has 0 radical (unpaired) electrons. The molecule has 6 heteroatoms. The number of amides is 1. The smallest absolute Gasteiger partial charge is 0.235 e. The minimum absolute atomic E-state index is 0. The number of fused-ring (bicyclic) bond motifs is 2. The second kappa shape index (κ2) is 6.99. The van der Waals surface area contributed by atoms with Crippen LogP contribution in [0.4, 0.5) is 10.1 Å². The lowest BCUT2D eigenvalue weighted by Gasteiger charge is -2.24. The number of ether oxygens (including phenoxy) is 2. The van der Waals surface area contributed by atoms with Gasteiger partial charge in [-0.3, -0.25) is 4.79 Å². The molecule has 0 atom stereocenters. The highest BCUT2D eigenvalue weighted by atomic mass is 19.1. The first kappa shape index (κ1) is 20.9. The summed E-state index contributed by atoms with van der Waals surface area (Å²) in [5, 5.41) is 3.80. The molecule has 1 N–H and O–H groups in total. The third kappa shape index (κ3) is 3.24. The molecule has 1 aliphatic heterocycles. The Kier molecular flexibility index (Phi) is 4.56.